The van der Waals surface area contributed by atoms with Crippen LogP contribution in [-0.4, -0.2) is 28.8 Å². The first-order valence-electron chi connectivity index (χ1n) is 10.8. The van der Waals surface area contributed by atoms with Crippen LogP contribution >= 0.6 is 11.6 Å². The third-order valence-corrected chi connectivity index (χ3v) is 5.89. The molecule has 0 saturated heterocycles. The summed E-state index contributed by atoms with van der Waals surface area (Å²) in [5.41, 5.74) is 3.23. The number of rotatable bonds is 10. The number of nitrogens with one attached hydrogen (secondary N) is 1. The first kappa shape index (κ1) is 23.9. The second-order valence-corrected chi connectivity index (χ2v) is 8.18. The van der Waals surface area contributed by atoms with Gasteiger partial charge in [-0.25, -0.2) is 0 Å². The predicted molar refractivity (Wildman–Crippen MR) is 124 cm³/mol. The van der Waals surface area contributed by atoms with E-state index >= 15 is 0 Å². The summed E-state index contributed by atoms with van der Waals surface area (Å²) in [6.45, 7) is 8.19. The Morgan fingerprint density at radius 3 is 2.23 bits per heavy atom. The van der Waals surface area contributed by atoms with E-state index in [1.54, 1.807) is 17.9 Å². The number of hydrogen-bond acceptors (Lipinski definition) is 2. The molecule has 0 fully saturated rings. The second-order valence-electron chi connectivity index (χ2n) is 7.78. The Morgan fingerprint density at radius 2 is 1.63 bits per heavy atom. The Labute approximate surface area is 185 Å². The summed E-state index contributed by atoms with van der Waals surface area (Å²) in [7, 11) is 0. The SMILES string of the molecule is CCc1ccc(CCC(=O)N(Cc2ccccc2Cl)C(C)C(=O)NC(C)CC)cc1. The number of benzene rings is 2. The van der Waals surface area contributed by atoms with Crippen LogP contribution in [0.3, 0.4) is 0 Å². The molecule has 0 saturated carbocycles. The van der Waals surface area contributed by atoms with Crippen molar-refractivity contribution >= 4 is 23.4 Å². The molecule has 2 atom stereocenters. The van der Waals surface area contributed by atoms with Crippen LogP contribution in [0.1, 0.15) is 57.2 Å². The highest BCUT2D eigenvalue weighted by Crippen LogP contribution is 2.20. The van der Waals surface area contributed by atoms with Crippen LogP contribution < -0.4 is 5.32 Å². The van der Waals surface area contributed by atoms with Gasteiger partial charge < -0.3 is 10.2 Å². The fraction of sp³-hybridized carbons (Fsp3) is 0.440. The Balaban J connectivity index is 2.14. The zero-order valence-corrected chi connectivity index (χ0v) is 19.2. The van der Waals surface area contributed by atoms with Gasteiger partial charge in [0.05, 0.1) is 0 Å². The fourth-order valence-corrected chi connectivity index (χ4v) is 3.39. The summed E-state index contributed by atoms with van der Waals surface area (Å²) in [6, 6.07) is 15.3. The molecule has 4 nitrogen and oxygen atoms in total. The Kier molecular flexibility index (Phi) is 9.38. The van der Waals surface area contributed by atoms with Crippen molar-refractivity contribution in [3.05, 3.63) is 70.2 Å². The summed E-state index contributed by atoms with van der Waals surface area (Å²) >= 11 is 6.33. The van der Waals surface area contributed by atoms with E-state index in [1.165, 1.54) is 5.56 Å². The van der Waals surface area contributed by atoms with Crippen molar-refractivity contribution in [1.29, 1.82) is 0 Å². The van der Waals surface area contributed by atoms with Crippen LogP contribution in [0.15, 0.2) is 48.5 Å². The molecule has 2 aromatic carbocycles. The molecule has 2 rings (SSSR count). The zero-order chi connectivity index (χ0) is 22.1. The number of carbonyl (C=O) groups excluding carboxylic acids is 2. The summed E-state index contributed by atoms with van der Waals surface area (Å²) in [5, 5.41) is 3.58. The summed E-state index contributed by atoms with van der Waals surface area (Å²) in [5.74, 6) is -0.196. The lowest BCUT2D eigenvalue weighted by Gasteiger charge is -2.30. The smallest absolute Gasteiger partial charge is 0.242 e. The van der Waals surface area contributed by atoms with Gasteiger partial charge in [-0.3, -0.25) is 9.59 Å². The molecular weight excluding hydrogens is 396 g/mol. The molecule has 162 valence electrons. The van der Waals surface area contributed by atoms with Crippen LogP contribution in [0.4, 0.5) is 0 Å². The number of amides is 2. The molecule has 0 aliphatic rings. The third-order valence-electron chi connectivity index (χ3n) is 5.53. The van der Waals surface area contributed by atoms with Crippen molar-refractivity contribution in [2.45, 2.75) is 72.0 Å². The molecule has 0 spiro atoms. The number of carbonyl (C=O) groups is 2. The van der Waals surface area contributed by atoms with Crippen LogP contribution in [-0.2, 0) is 29.0 Å². The largest absolute Gasteiger partial charge is 0.352 e. The second kappa shape index (κ2) is 11.8. The Bertz CT molecular complexity index is 835. The Hall–Kier alpha value is -2.33. The van der Waals surface area contributed by atoms with Crippen molar-refractivity contribution in [1.82, 2.24) is 10.2 Å². The van der Waals surface area contributed by atoms with Gasteiger partial charge in [0.25, 0.3) is 0 Å². The number of aryl methyl sites for hydroxylation is 2. The maximum atomic E-state index is 13.2. The molecule has 0 aliphatic heterocycles. The van der Waals surface area contributed by atoms with E-state index < -0.39 is 6.04 Å². The van der Waals surface area contributed by atoms with Crippen molar-refractivity contribution in [2.24, 2.45) is 0 Å². The van der Waals surface area contributed by atoms with Gasteiger partial charge in [0, 0.05) is 24.0 Å². The van der Waals surface area contributed by atoms with Crippen LogP contribution in [0, 0.1) is 0 Å². The summed E-state index contributed by atoms with van der Waals surface area (Å²) < 4.78 is 0. The third kappa shape index (κ3) is 6.88. The van der Waals surface area contributed by atoms with Crippen molar-refractivity contribution < 1.29 is 9.59 Å². The number of nitrogens with zero attached hydrogens (tertiary/aromatic N) is 1. The van der Waals surface area contributed by atoms with E-state index in [0.29, 0.717) is 24.4 Å². The van der Waals surface area contributed by atoms with Crippen LogP contribution in [0.5, 0.6) is 0 Å². The van der Waals surface area contributed by atoms with Gasteiger partial charge >= 0.3 is 0 Å². The molecule has 5 heteroatoms. The van der Waals surface area contributed by atoms with Crippen LogP contribution in [0.25, 0.3) is 0 Å². The molecule has 2 aromatic rings. The molecule has 1 N–H and O–H groups in total. The number of halogens is 1. The minimum absolute atomic E-state index is 0.0544. The van der Waals surface area contributed by atoms with E-state index in [2.05, 4.69) is 36.5 Å². The molecular formula is C25H33ClN2O2. The van der Waals surface area contributed by atoms with E-state index in [4.69, 9.17) is 11.6 Å². The lowest BCUT2D eigenvalue weighted by molar-refractivity contribution is -0.140. The highest BCUT2D eigenvalue weighted by atomic mass is 35.5. The van der Waals surface area contributed by atoms with Gasteiger partial charge in [-0.2, -0.15) is 0 Å². The van der Waals surface area contributed by atoms with Gasteiger partial charge in [-0.15, -0.1) is 0 Å². The zero-order valence-electron chi connectivity index (χ0n) is 18.5. The van der Waals surface area contributed by atoms with E-state index in [1.807, 2.05) is 32.0 Å². The maximum Gasteiger partial charge on any atom is 0.242 e. The normalized spacial score (nSPS) is 12.8. The molecule has 0 aromatic heterocycles. The highest BCUT2D eigenvalue weighted by Gasteiger charge is 2.27. The predicted octanol–water partition coefficient (Wildman–Crippen LogP) is 5.17. The minimum atomic E-state index is -0.578. The van der Waals surface area contributed by atoms with Gasteiger partial charge in [-0.05, 0) is 55.9 Å². The highest BCUT2D eigenvalue weighted by molar-refractivity contribution is 6.31. The molecule has 2 unspecified atom stereocenters. The monoisotopic (exact) mass is 428 g/mol. The fourth-order valence-electron chi connectivity index (χ4n) is 3.19. The molecule has 0 heterocycles. The van der Waals surface area contributed by atoms with Crippen molar-refractivity contribution in [2.75, 3.05) is 0 Å². The first-order valence-corrected chi connectivity index (χ1v) is 11.1. The average Bonchev–Trinajstić information content (AvgIpc) is 2.76. The molecule has 0 bridgehead atoms. The summed E-state index contributed by atoms with van der Waals surface area (Å²) in [4.78, 5) is 27.5. The topological polar surface area (TPSA) is 49.4 Å². The average molecular weight is 429 g/mol. The van der Waals surface area contributed by atoms with Crippen molar-refractivity contribution in [3.8, 4) is 0 Å². The quantitative estimate of drug-likeness (QED) is 0.567. The van der Waals surface area contributed by atoms with Crippen molar-refractivity contribution in [3.63, 3.8) is 0 Å². The lowest BCUT2D eigenvalue weighted by Crippen LogP contribution is -2.49. The molecule has 30 heavy (non-hydrogen) atoms. The minimum Gasteiger partial charge on any atom is -0.352 e. The molecule has 0 radical (unpaired) electrons. The van der Waals surface area contributed by atoms with E-state index in [0.717, 1.165) is 24.0 Å². The first-order chi connectivity index (χ1) is 14.3. The van der Waals surface area contributed by atoms with Gasteiger partial charge in [0.15, 0.2) is 0 Å². The maximum absolute atomic E-state index is 13.2. The van der Waals surface area contributed by atoms with Gasteiger partial charge in [0.1, 0.15) is 6.04 Å². The van der Waals surface area contributed by atoms with Gasteiger partial charge in [0.2, 0.25) is 11.8 Å². The lowest BCUT2D eigenvalue weighted by atomic mass is 10.0. The van der Waals surface area contributed by atoms with Crippen LogP contribution in [0.2, 0.25) is 5.02 Å². The summed E-state index contributed by atoms with van der Waals surface area (Å²) in [6.07, 6.45) is 2.82. The standard InChI is InChI=1S/C25H33ClN2O2/c1-5-18(3)27-25(30)19(4)28(17-22-9-7-8-10-23(22)26)24(29)16-15-21-13-11-20(6-2)12-14-21/h7-14,18-19H,5-6,15-17H2,1-4H3,(H,27,30). The Morgan fingerprint density at radius 1 is 1.00 bits per heavy atom. The van der Waals surface area contributed by atoms with E-state index in [-0.39, 0.29) is 17.9 Å². The molecule has 2 amide bonds. The van der Waals surface area contributed by atoms with Gasteiger partial charge in [-0.1, -0.05) is 67.9 Å². The van der Waals surface area contributed by atoms with E-state index in [9.17, 15) is 9.59 Å². The number of hydrogen-bond donors (Lipinski definition) is 1. The molecule has 0 aliphatic carbocycles.